The number of benzene rings is 2. The number of pyridine rings is 1. The van der Waals surface area contributed by atoms with E-state index in [1.165, 1.54) is 0 Å². The van der Waals surface area contributed by atoms with Crippen LogP contribution in [0.15, 0.2) is 47.3 Å². The number of carbonyl (C=O) groups is 1. The second-order valence-corrected chi connectivity index (χ2v) is 9.85. The van der Waals surface area contributed by atoms with E-state index in [1.807, 2.05) is 42.1 Å². The number of hydrogen-bond acceptors (Lipinski definition) is 6. The summed E-state index contributed by atoms with van der Waals surface area (Å²) >= 11 is 0. The van der Waals surface area contributed by atoms with Gasteiger partial charge >= 0.3 is 0 Å². The first-order chi connectivity index (χ1) is 17.9. The van der Waals surface area contributed by atoms with Gasteiger partial charge in [0.2, 0.25) is 0 Å². The van der Waals surface area contributed by atoms with Gasteiger partial charge in [0.15, 0.2) is 19.5 Å². The van der Waals surface area contributed by atoms with Gasteiger partial charge in [-0.1, -0.05) is 12.1 Å². The molecule has 9 heteroatoms. The Kier molecular flexibility index (Phi) is 7.53. The van der Waals surface area contributed by atoms with E-state index in [4.69, 9.17) is 17.5 Å². The second-order valence-electron chi connectivity index (χ2n) is 9.85. The molecule has 1 N–H and O–H groups in total. The average molecular weight is 500 g/mol. The van der Waals surface area contributed by atoms with E-state index in [1.54, 1.807) is 23.7 Å². The third kappa shape index (κ3) is 5.52. The molecule has 0 atom stereocenters. The van der Waals surface area contributed by atoms with Crippen molar-refractivity contribution in [1.82, 2.24) is 19.6 Å². The quantitative estimate of drug-likeness (QED) is 0.503. The molecule has 192 valence electrons. The van der Waals surface area contributed by atoms with Gasteiger partial charge in [-0.15, -0.1) is 0 Å². The number of aromatic nitrogens is 1. The lowest BCUT2D eigenvalue weighted by molar-refractivity contribution is 0.0963. The zero-order valence-electron chi connectivity index (χ0n) is 21.5. The van der Waals surface area contributed by atoms with Crippen molar-refractivity contribution < 1.29 is 14.3 Å². The monoisotopic (exact) mass is 500 g/mol. The van der Waals surface area contributed by atoms with E-state index in [2.05, 4.69) is 10.2 Å². The highest BCUT2D eigenvalue weighted by Gasteiger charge is 2.23. The highest BCUT2D eigenvalue weighted by Crippen LogP contribution is 2.31. The van der Waals surface area contributed by atoms with Crippen molar-refractivity contribution in [2.45, 2.75) is 38.9 Å². The van der Waals surface area contributed by atoms with Crippen LogP contribution in [0.1, 0.15) is 34.3 Å². The minimum absolute atomic E-state index is 0.0403. The molecule has 0 spiro atoms. The maximum Gasteiger partial charge on any atom is 0.251 e. The zero-order valence-corrected chi connectivity index (χ0v) is 21.5. The summed E-state index contributed by atoms with van der Waals surface area (Å²) in [6.45, 7) is 6.91. The van der Waals surface area contributed by atoms with Gasteiger partial charge < -0.3 is 29.1 Å². The molecule has 1 fully saturated rings. The van der Waals surface area contributed by atoms with Gasteiger partial charge in [0, 0.05) is 49.7 Å². The Balaban J connectivity index is 1.20. The number of ether oxygens (including phenoxy) is 2. The van der Waals surface area contributed by atoms with Crippen molar-refractivity contribution in [3.05, 3.63) is 69.5 Å². The van der Waals surface area contributed by atoms with Crippen LogP contribution >= 0.6 is 0 Å². The Labute approximate surface area is 218 Å². The Morgan fingerprint density at radius 1 is 1.05 bits per heavy atom. The summed E-state index contributed by atoms with van der Waals surface area (Å²) in [6, 6.07) is 13.5. The summed E-state index contributed by atoms with van der Waals surface area (Å²) in [5.41, 5.74) is 3.34. The fourth-order valence-corrected chi connectivity index (χ4v) is 5.31. The lowest BCUT2D eigenvalue weighted by Gasteiger charge is -2.37. The fourth-order valence-electron chi connectivity index (χ4n) is 5.31. The number of aryl methyl sites for hydroxylation is 1. The van der Waals surface area contributed by atoms with Gasteiger partial charge in [-0.05, 0) is 68.2 Å². The highest BCUT2D eigenvalue weighted by atomic mass is 16.6. The van der Waals surface area contributed by atoms with Crippen LogP contribution in [0.5, 0.6) is 11.5 Å². The summed E-state index contributed by atoms with van der Waals surface area (Å²) in [5.74, 6) is 1.41. The van der Waals surface area contributed by atoms with Gasteiger partial charge in [-0.2, -0.15) is 0 Å². The molecule has 0 aliphatic carbocycles. The van der Waals surface area contributed by atoms with Crippen LogP contribution in [-0.2, 0) is 13.1 Å². The molecule has 0 saturated carbocycles. The summed E-state index contributed by atoms with van der Waals surface area (Å²) in [4.78, 5) is 29.4. The van der Waals surface area contributed by atoms with E-state index in [-0.39, 0.29) is 11.5 Å². The summed E-state index contributed by atoms with van der Waals surface area (Å²) < 4.78 is 13.1. The average Bonchev–Trinajstić information content (AvgIpc) is 2.92. The minimum atomic E-state index is -0.160. The molecule has 5 rings (SSSR count). The SMILES string of the molecule is [B]N(Cc1ccc2c(c1)OCCO2)C1CCN(CCn2c(=O)cc(C)c3ccc(C(=O)NC)cc32)CC1. The van der Waals surface area contributed by atoms with Crippen molar-refractivity contribution in [2.75, 3.05) is 39.9 Å². The third-order valence-electron chi connectivity index (χ3n) is 7.45. The van der Waals surface area contributed by atoms with Gasteiger partial charge in [0.05, 0.1) is 5.52 Å². The number of amides is 1. The Morgan fingerprint density at radius 2 is 1.81 bits per heavy atom. The summed E-state index contributed by atoms with van der Waals surface area (Å²) in [6.07, 6.45) is 1.93. The van der Waals surface area contributed by atoms with E-state index in [9.17, 15) is 9.59 Å². The van der Waals surface area contributed by atoms with Gasteiger partial charge in [-0.3, -0.25) is 9.59 Å². The maximum atomic E-state index is 12.9. The summed E-state index contributed by atoms with van der Waals surface area (Å²) in [7, 11) is 8.09. The topological polar surface area (TPSA) is 76.0 Å². The third-order valence-corrected chi connectivity index (χ3v) is 7.45. The van der Waals surface area contributed by atoms with Crippen molar-refractivity contribution in [2.24, 2.45) is 0 Å². The molecule has 1 aromatic heterocycles. The first-order valence-electron chi connectivity index (χ1n) is 12.9. The number of hydrogen-bond donors (Lipinski definition) is 1. The van der Waals surface area contributed by atoms with Crippen molar-refractivity contribution in [1.29, 1.82) is 0 Å². The molecule has 0 unspecified atom stereocenters. The number of likely N-dealkylation sites (tertiary alicyclic amines) is 1. The number of fused-ring (bicyclic) bond motifs is 2. The van der Waals surface area contributed by atoms with Crippen LogP contribution in [-0.4, -0.2) is 74.1 Å². The molecule has 0 bridgehead atoms. The molecule has 37 heavy (non-hydrogen) atoms. The Hall–Kier alpha value is -3.30. The minimum Gasteiger partial charge on any atom is -0.486 e. The molecule has 3 aromatic rings. The molecule has 2 aliphatic rings. The Bertz CT molecular complexity index is 1350. The largest absolute Gasteiger partial charge is 0.486 e. The second kappa shape index (κ2) is 11.0. The lowest BCUT2D eigenvalue weighted by atomic mass is 9.99. The smallest absolute Gasteiger partial charge is 0.251 e. The van der Waals surface area contributed by atoms with Crippen LogP contribution in [0, 0.1) is 6.92 Å². The van der Waals surface area contributed by atoms with E-state index in [0.29, 0.717) is 37.9 Å². The molecule has 1 amide bonds. The maximum absolute atomic E-state index is 12.9. The predicted molar refractivity (Wildman–Crippen MR) is 145 cm³/mol. The van der Waals surface area contributed by atoms with Gasteiger partial charge in [0.1, 0.15) is 13.2 Å². The first kappa shape index (κ1) is 25.4. The van der Waals surface area contributed by atoms with Crippen molar-refractivity contribution in [3.8, 4) is 11.5 Å². The molecular formula is C28H33BN4O4. The normalized spacial score (nSPS) is 16.3. The summed E-state index contributed by atoms with van der Waals surface area (Å²) in [5, 5.41) is 3.65. The van der Waals surface area contributed by atoms with Crippen LogP contribution < -0.4 is 20.3 Å². The van der Waals surface area contributed by atoms with Crippen molar-refractivity contribution >= 4 is 24.8 Å². The van der Waals surface area contributed by atoms with Gasteiger partial charge in [-0.25, -0.2) is 0 Å². The molecule has 3 heterocycles. The number of nitrogens with one attached hydrogen (secondary N) is 1. The van der Waals surface area contributed by atoms with Crippen LogP contribution in [0.2, 0.25) is 0 Å². The van der Waals surface area contributed by atoms with E-state index in [0.717, 1.165) is 66.0 Å². The van der Waals surface area contributed by atoms with Crippen LogP contribution in [0.4, 0.5) is 0 Å². The predicted octanol–water partition coefficient (Wildman–Crippen LogP) is 2.49. The molecule has 2 radical (unpaired) electrons. The molecular weight excluding hydrogens is 467 g/mol. The molecule has 8 nitrogen and oxygen atoms in total. The van der Waals surface area contributed by atoms with E-state index < -0.39 is 0 Å². The van der Waals surface area contributed by atoms with Crippen LogP contribution in [0.25, 0.3) is 10.9 Å². The van der Waals surface area contributed by atoms with Gasteiger partial charge in [0.25, 0.3) is 11.5 Å². The number of nitrogens with zero attached hydrogens (tertiary/aromatic N) is 3. The first-order valence-corrected chi connectivity index (χ1v) is 12.9. The number of carbonyl (C=O) groups excluding carboxylic acids is 1. The van der Waals surface area contributed by atoms with E-state index >= 15 is 0 Å². The highest BCUT2D eigenvalue weighted by molar-refractivity contribution is 6.04. The molecule has 2 aliphatic heterocycles. The number of rotatable bonds is 7. The lowest BCUT2D eigenvalue weighted by Crippen LogP contribution is -2.44. The molecule has 1 saturated heterocycles. The molecule has 2 aromatic carbocycles. The zero-order chi connectivity index (χ0) is 25.9. The fraction of sp³-hybridized carbons (Fsp3) is 0.429. The van der Waals surface area contributed by atoms with Crippen molar-refractivity contribution in [3.63, 3.8) is 0 Å². The Morgan fingerprint density at radius 3 is 2.57 bits per heavy atom. The van der Waals surface area contributed by atoms with Crippen LogP contribution in [0.3, 0.4) is 0 Å². The number of piperidine rings is 1. The standard InChI is InChI=1S/C28H33BN4O4/c1-19-15-27(34)32(24-17-21(28(35)30-2)4-5-23(19)24)12-11-31-9-7-22(8-10-31)33(29)18-20-3-6-25-26(16-20)37-14-13-36-25/h3-6,15-17,22H,7-14,18H2,1-2H3,(H,30,35).